The largest absolute Gasteiger partial charge is 0.506 e. The lowest BCUT2D eigenvalue weighted by Crippen LogP contribution is -2.37. The van der Waals surface area contributed by atoms with E-state index in [4.69, 9.17) is 0 Å². The fourth-order valence-corrected chi connectivity index (χ4v) is 2.74. The molecule has 0 aliphatic rings. The van der Waals surface area contributed by atoms with Gasteiger partial charge in [-0.25, -0.2) is 0 Å². The summed E-state index contributed by atoms with van der Waals surface area (Å²) in [6.45, 7) is 7.40. The molecule has 0 radical (unpaired) electrons. The maximum absolute atomic E-state index is 10.1. The number of benzene rings is 1. The molecule has 2 rings (SSSR count). The molecule has 4 nitrogen and oxygen atoms in total. The maximum atomic E-state index is 10.1. The molecule has 1 aromatic carbocycles. The summed E-state index contributed by atoms with van der Waals surface area (Å²) in [6, 6.07) is 11.8. The minimum Gasteiger partial charge on any atom is -0.506 e. The molecule has 0 amide bonds. The third kappa shape index (κ3) is 4.53. The molecule has 0 unspecified atom stereocenters. The van der Waals surface area contributed by atoms with E-state index >= 15 is 0 Å². The number of rotatable bonds is 7. The van der Waals surface area contributed by atoms with Gasteiger partial charge in [-0.15, -0.1) is 0 Å². The Morgan fingerprint density at radius 3 is 2.48 bits per heavy atom. The highest BCUT2D eigenvalue weighted by Gasteiger charge is 2.19. The standard InChI is InChI=1S/C19H26N2O2/c1-4-17(13-22)21(11-16-8-6-5-7-14(16)2)12-18-19(23)10-9-15(3)20-18/h5-10,17,22-23H,4,11-13H2,1-3H3/t17-/m1/s1. The van der Waals surface area contributed by atoms with Gasteiger partial charge in [-0.2, -0.15) is 0 Å². The molecule has 0 aliphatic heterocycles. The second-order valence-corrected chi connectivity index (χ2v) is 5.99. The SMILES string of the molecule is CC[C@H](CO)N(Cc1ccccc1C)Cc1nc(C)ccc1O. The smallest absolute Gasteiger partial charge is 0.138 e. The lowest BCUT2D eigenvalue weighted by atomic mass is 10.1. The summed E-state index contributed by atoms with van der Waals surface area (Å²) < 4.78 is 0. The van der Waals surface area contributed by atoms with Gasteiger partial charge in [0.1, 0.15) is 5.75 Å². The van der Waals surface area contributed by atoms with Gasteiger partial charge in [0.2, 0.25) is 0 Å². The molecule has 0 bridgehead atoms. The van der Waals surface area contributed by atoms with Crippen LogP contribution in [0.2, 0.25) is 0 Å². The Balaban J connectivity index is 2.27. The van der Waals surface area contributed by atoms with Crippen LogP contribution in [0.25, 0.3) is 0 Å². The quantitative estimate of drug-likeness (QED) is 0.824. The van der Waals surface area contributed by atoms with Crippen LogP contribution < -0.4 is 0 Å². The van der Waals surface area contributed by atoms with Crippen molar-refractivity contribution < 1.29 is 10.2 Å². The third-order valence-corrected chi connectivity index (χ3v) is 4.28. The number of hydrogen-bond acceptors (Lipinski definition) is 4. The van der Waals surface area contributed by atoms with Crippen molar-refractivity contribution >= 4 is 0 Å². The zero-order valence-corrected chi connectivity index (χ0v) is 14.2. The topological polar surface area (TPSA) is 56.6 Å². The Hall–Kier alpha value is -1.91. The molecule has 0 aliphatic carbocycles. The minimum atomic E-state index is 0.0383. The Morgan fingerprint density at radius 1 is 1.09 bits per heavy atom. The summed E-state index contributed by atoms with van der Waals surface area (Å²) in [5.74, 6) is 0.207. The highest BCUT2D eigenvalue weighted by molar-refractivity contribution is 5.28. The maximum Gasteiger partial charge on any atom is 0.138 e. The van der Waals surface area contributed by atoms with E-state index in [-0.39, 0.29) is 18.4 Å². The second kappa shape index (κ2) is 8.09. The molecular formula is C19H26N2O2. The highest BCUT2D eigenvalue weighted by atomic mass is 16.3. The van der Waals surface area contributed by atoms with Crippen molar-refractivity contribution in [2.24, 2.45) is 0 Å². The number of nitrogens with zero attached hydrogens (tertiary/aromatic N) is 2. The van der Waals surface area contributed by atoms with Crippen molar-refractivity contribution in [3.63, 3.8) is 0 Å². The number of aryl methyl sites for hydroxylation is 2. The fraction of sp³-hybridized carbons (Fsp3) is 0.421. The molecule has 2 aromatic rings. The van der Waals surface area contributed by atoms with E-state index in [2.05, 4.69) is 35.9 Å². The number of aliphatic hydroxyl groups is 1. The number of aliphatic hydroxyl groups excluding tert-OH is 1. The molecule has 0 saturated heterocycles. The van der Waals surface area contributed by atoms with Crippen molar-refractivity contribution in [1.29, 1.82) is 0 Å². The number of hydrogen-bond donors (Lipinski definition) is 2. The van der Waals surface area contributed by atoms with Crippen LogP contribution in [-0.2, 0) is 13.1 Å². The van der Waals surface area contributed by atoms with Crippen molar-refractivity contribution in [3.8, 4) is 5.75 Å². The van der Waals surface area contributed by atoms with Gasteiger partial charge in [-0.05, 0) is 43.5 Å². The fourth-order valence-electron chi connectivity index (χ4n) is 2.74. The lowest BCUT2D eigenvalue weighted by Gasteiger charge is -2.30. The number of aromatic hydroxyl groups is 1. The first-order chi connectivity index (χ1) is 11.0. The predicted molar refractivity (Wildman–Crippen MR) is 92.2 cm³/mol. The second-order valence-electron chi connectivity index (χ2n) is 5.99. The van der Waals surface area contributed by atoms with Crippen LogP contribution in [0.4, 0.5) is 0 Å². The van der Waals surface area contributed by atoms with Gasteiger partial charge < -0.3 is 10.2 Å². The van der Waals surface area contributed by atoms with Gasteiger partial charge >= 0.3 is 0 Å². The normalized spacial score (nSPS) is 12.6. The molecule has 1 atom stereocenters. The molecule has 0 saturated carbocycles. The average Bonchev–Trinajstić information content (AvgIpc) is 2.54. The summed E-state index contributed by atoms with van der Waals surface area (Å²) in [5, 5.41) is 19.8. The summed E-state index contributed by atoms with van der Waals surface area (Å²) in [7, 11) is 0. The first-order valence-corrected chi connectivity index (χ1v) is 8.10. The van der Waals surface area contributed by atoms with E-state index in [0.717, 1.165) is 18.7 Å². The molecule has 23 heavy (non-hydrogen) atoms. The van der Waals surface area contributed by atoms with Crippen LogP contribution in [-0.4, -0.2) is 32.7 Å². The van der Waals surface area contributed by atoms with Crippen molar-refractivity contribution in [2.75, 3.05) is 6.61 Å². The number of pyridine rings is 1. The van der Waals surface area contributed by atoms with Gasteiger partial charge in [0.05, 0.1) is 12.3 Å². The van der Waals surface area contributed by atoms with Crippen molar-refractivity contribution in [2.45, 2.75) is 46.3 Å². The summed E-state index contributed by atoms with van der Waals surface area (Å²) in [5.41, 5.74) is 3.99. The first-order valence-electron chi connectivity index (χ1n) is 8.10. The predicted octanol–water partition coefficient (Wildman–Crippen LogP) is 3.18. The van der Waals surface area contributed by atoms with Crippen LogP contribution in [0.1, 0.15) is 35.9 Å². The van der Waals surface area contributed by atoms with E-state index in [1.807, 2.05) is 19.1 Å². The van der Waals surface area contributed by atoms with E-state index in [1.54, 1.807) is 12.1 Å². The molecule has 124 valence electrons. The van der Waals surface area contributed by atoms with Crippen LogP contribution in [0, 0.1) is 13.8 Å². The molecule has 1 heterocycles. The van der Waals surface area contributed by atoms with Crippen LogP contribution in [0.5, 0.6) is 5.75 Å². The van der Waals surface area contributed by atoms with Gasteiger partial charge in [-0.3, -0.25) is 9.88 Å². The molecule has 4 heteroatoms. The summed E-state index contributed by atoms with van der Waals surface area (Å²) >= 11 is 0. The molecule has 1 aromatic heterocycles. The van der Waals surface area contributed by atoms with Gasteiger partial charge in [0.25, 0.3) is 0 Å². The Bertz CT molecular complexity index is 639. The van der Waals surface area contributed by atoms with E-state index < -0.39 is 0 Å². The average molecular weight is 314 g/mol. The van der Waals surface area contributed by atoms with E-state index in [0.29, 0.717) is 12.2 Å². The Labute approximate surface area is 138 Å². The van der Waals surface area contributed by atoms with Crippen LogP contribution in [0.15, 0.2) is 36.4 Å². The van der Waals surface area contributed by atoms with Crippen LogP contribution >= 0.6 is 0 Å². The zero-order valence-electron chi connectivity index (χ0n) is 14.2. The van der Waals surface area contributed by atoms with E-state index in [9.17, 15) is 10.2 Å². The van der Waals surface area contributed by atoms with Crippen LogP contribution in [0.3, 0.4) is 0 Å². The van der Waals surface area contributed by atoms with Gasteiger partial charge in [-0.1, -0.05) is 31.2 Å². The first kappa shape index (κ1) is 17.4. The van der Waals surface area contributed by atoms with Crippen molar-refractivity contribution in [1.82, 2.24) is 9.88 Å². The van der Waals surface area contributed by atoms with E-state index in [1.165, 1.54) is 11.1 Å². The van der Waals surface area contributed by atoms with Crippen molar-refractivity contribution in [3.05, 3.63) is 58.9 Å². The Kier molecular flexibility index (Phi) is 6.13. The Morgan fingerprint density at radius 2 is 1.83 bits per heavy atom. The molecule has 2 N–H and O–H groups in total. The molecule has 0 spiro atoms. The minimum absolute atomic E-state index is 0.0383. The summed E-state index contributed by atoms with van der Waals surface area (Å²) in [4.78, 5) is 6.64. The zero-order chi connectivity index (χ0) is 16.8. The number of aromatic nitrogens is 1. The van der Waals surface area contributed by atoms with Gasteiger partial charge in [0.15, 0.2) is 0 Å². The lowest BCUT2D eigenvalue weighted by molar-refractivity contribution is 0.104. The highest BCUT2D eigenvalue weighted by Crippen LogP contribution is 2.21. The van der Waals surface area contributed by atoms with Gasteiger partial charge in [0, 0.05) is 24.8 Å². The third-order valence-electron chi connectivity index (χ3n) is 4.28. The molecule has 0 fully saturated rings. The monoisotopic (exact) mass is 314 g/mol. The molecular weight excluding hydrogens is 288 g/mol. The summed E-state index contributed by atoms with van der Waals surface area (Å²) in [6.07, 6.45) is 0.842.